The van der Waals surface area contributed by atoms with Crippen molar-refractivity contribution >= 4 is 23.0 Å². The number of nitriles is 1. The van der Waals surface area contributed by atoms with Gasteiger partial charge >= 0.3 is 0 Å². The van der Waals surface area contributed by atoms with E-state index in [0.29, 0.717) is 22.8 Å². The van der Waals surface area contributed by atoms with Crippen LogP contribution in [0.3, 0.4) is 0 Å². The molecule has 0 aromatic heterocycles. The van der Waals surface area contributed by atoms with Gasteiger partial charge in [-0.3, -0.25) is 0 Å². The molecule has 0 unspecified atom stereocenters. The van der Waals surface area contributed by atoms with Crippen LogP contribution in [0.5, 0.6) is 0 Å². The van der Waals surface area contributed by atoms with Crippen molar-refractivity contribution in [1.82, 2.24) is 0 Å². The number of rotatable bonds is 3. The standard InChI is InChI=1S/C14H12ClN3/c15-12-5-6-13(17)14(7-12)18-9-11-4-2-1-3-10(11)8-16/h1-7,18H,9,17H2. The second kappa shape index (κ2) is 5.44. The van der Waals surface area contributed by atoms with Crippen LogP contribution in [-0.4, -0.2) is 0 Å². The van der Waals surface area contributed by atoms with Gasteiger partial charge in [0.05, 0.1) is 23.0 Å². The molecule has 2 aromatic carbocycles. The fraction of sp³-hybridized carbons (Fsp3) is 0.0714. The summed E-state index contributed by atoms with van der Waals surface area (Å²) in [7, 11) is 0. The predicted molar refractivity (Wildman–Crippen MR) is 74.3 cm³/mol. The first-order chi connectivity index (χ1) is 8.70. The molecule has 2 rings (SSSR count). The number of halogens is 1. The van der Waals surface area contributed by atoms with Crippen molar-refractivity contribution in [2.24, 2.45) is 0 Å². The normalized spacial score (nSPS) is 9.78. The summed E-state index contributed by atoms with van der Waals surface area (Å²) in [4.78, 5) is 0. The molecule has 0 radical (unpaired) electrons. The van der Waals surface area contributed by atoms with E-state index < -0.39 is 0 Å². The fourth-order valence-corrected chi connectivity index (χ4v) is 1.83. The van der Waals surface area contributed by atoms with Crippen molar-refractivity contribution in [3.63, 3.8) is 0 Å². The van der Waals surface area contributed by atoms with E-state index in [2.05, 4.69) is 11.4 Å². The van der Waals surface area contributed by atoms with Crippen LogP contribution in [0.15, 0.2) is 42.5 Å². The summed E-state index contributed by atoms with van der Waals surface area (Å²) >= 11 is 5.91. The summed E-state index contributed by atoms with van der Waals surface area (Å²) in [5, 5.41) is 12.8. The lowest BCUT2D eigenvalue weighted by molar-refractivity contribution is 1.14. The number of nitrogens with one attached hydrogen (secondary N) is 1. The SMILES string of the molecule is N#Cc1ccccc1CNc1cc(Cl)ccc1N. The molecule has 0 heterocycles. The highest BCUT2D eigenvalue weighted by molar-refractivity contribution is 6.31. The van der Waals surface area contributed by atoms with Gasteiger partial charge in [-0.15, -0.1) is 0 Å². The van der Waals surface area contributed by atoms with E-state index in [9.17, 15) is 0 Å². The molecule has 0 saturated carbocycles. The first kappa shape index (κ1) is 12.3. The summed E-state index contributed by atoms with van der Waals surface area (Å²) in [5.41, 5.74) is 8.83. The summed E-state index contributed by atoms with van der Waals surface area (Å²) in [6.45, 7) is 0.536. The van der Waals surface area contributed by atoms with E-state index in [1.54, 1.807) is 24.3 Å². The molecule has 0 amide bonds. The van der Waals surface area contributed by atoms with Crippen molar-refractivity contribution in [3.05, 3.63) is 58.6 Å². The Balaban J connectivity index is 2.17. The van der Waals surface area contributed by atoms with Gasteiger partial charge in [0.1, 0.15) is 0 Å². The van der Waals surface area contributed by atoms with Gasteiger partial charge in [-0.2, -0.15) is 5.26 Å². The van der Waals surface area contributed by atoms with Crippen LogP contribution in [0.2, 0.25) is 5.02 Å². The average molecular weight is 258 g/mol. The molecule has 0 bridgehead atoms. The molecule has 3 N–H and O–H groups in total. The molecule has 18 heavy (non-hydrogen) atoms. The first-order valence-electron chi connectivity index (χ1n) is 5.47. The third-order valence-electron chi connectivity index (χ3n) is 2.62. The van der Waals surface area contributed by atoms with E-state index >= 15 is 0 Å². The minimum Gasteiger partial charge on any atom is -0.397 e. The van der Waals surface area contributed by atoms with Gasteiger partial charge in [0.25, 0.3) is 0 Å². The number of hydrogen-bond acceptors (Lipinski definition) is 3. The first-order valence-corrected chi connectivity index (χ1v) is 5.85. The highest BCUT2D eigenvalue weighted by atomic mass is 35.5. The van der Waals surface area contributed by atoms with E-state index in [1.165, 1.54) is 0 Å². The number of nitrogen functional groups attached to an aromatic ring is 1. The summed E-state index contributed by atoms with van der Waals surface area (Å²) < 4.78 is 0. The Kier molecular flexibility index (Phi) is 3.71. The van der Waals surface area contributed by atoms with E-state index in [0.717, 1.165) is 11.3 Å². The Labute approximate surface area is 111 Å². The second-order valence-corrected chi connectivity index (χ2v) is 4.29. The summed E-state index contributed by atoms with van der Waals surface area (Å²) in [5.74, 6) is 0. The highest BCUT2D eigenvalue weighted by Gasteiger charge is 2.03. The van der Waals surface area contributed by atoms with Crippen LogP contribution < -0.4 is 11.1 Å². The van der Waals surface area contributed by atoms with E-state index in [-0.39, 0.29) is 0 Å². The predicted octanol–water partition coefficient (Wildman–Crippen LogP) is 3.41. The lowest BCUT2D eigenvalue weighted by Gasteiger charge is -2.10. The van der Waals surface area contributed by atoms with Gasteiger partial charge in [-0.05, 0) is 29.8 Å². The number of anilines is 2. The van der Waals surface area contributed by atoms with Crippen molar-refractivity contribution in [2.45, 2.75) is 6.54 Å². The van der Waals surface area contributed by atoms with Gasteiger partial charge in [0, 0.05) is 11.6 Å². The van der Waals surface area contributed by atoms with Gasteiger partial charge in [-0.1, -0.05) is 29.8 Å². The molecule has 3 nitrogen and oxygen atoms in total. The smallest absolute Gasteiger partial charge is 0.0995 e. The Morgan fingerprint density at radius 3 is 2.78 bits per heavy atom. The van der Waals surface area contributed by atoms with Gasteiger partial charge in [0.2, 0.25) is 0 Å². The minimum absolute atomic E-state index is 0.536. The lowest BCUT2D eigenvalue weighted by atomic mass is 10.1. The van der Waals surface area contributed by atoms with Crippen molar-refractivity contribution in [1.29, 1.82) is 5.26 Å². The maximum atomic E-state index is 8.99. The fourth-order valence-electron chi connectivity index (χ4n) is 1.66. The van der Waals surface area contributed by atoms with Crippen LogP contribution in [-0.2, 0) is 6.54 Å². The number of nitrogens with two attached hydrogens (primary N) is 1. The second-order valence-electron chi connectivity index (χ2n) is 3.85. The van der Waals surface area contributed by atoms with Gasteiger partial charge in [0.15, 0.2) is 0 Å². The largest absolute Gasteiger partial charge is 0.397 e. The van der Waals surface area contributed by atoms with Crippen LogP contribution >= 0.6 is 11.6 Å². The Morgan fingerprint density at radius 2 is 2.00 bits per heavy atom. The molecule has 0 fully saturated rings. The van der Waals surface area contributed by atoms with Crippen LogP contribution in [0.25, 0.3) is 0 Å². The third kappa shape index (κ3) is 2.73. The quantitative estimate of drug-likeness (QED) is 0.829. The molecule has 0 aliphatic heterocycles. The molecule has 0 spiro atoms. The highest BCUT2D eigenvalue weighted by Crippen LogP contribution is 2.23. The number of hydrogen-bond donors (Lipinski definition) is 2. The van der Waals surface area contributed by atoms with Crippen LogP contribution in [0.4, 0.5) is 11.4 Å². The molecular formula is C14H12ClN3. The van der Waals surface area contributed by atoms with Crippen molar-refractivity contribution in [3.8, 4) is 6.07 Å². The molecule has 0 aliphatic rings. The van der Waals surface area contributed by atoms with Crippen molar-refractivity contribution < 1.29 is 0 Å². The van der Waals surface area contributed by atoms with Gasteiger partial charge in [-0.25, -0.2) is 0 Å². The molecule has 90 valence electrons. The minimum atomic E-state index is 0.536. The van der Waals surface area contributed by atoms with Crippen LogP contribution in [0, 0.1) is 11.3 Å². The number of benzene rings is 2. The molecular weight excluding hydrogens is 246 g/mol. The Morgan fingerprint density at radius 1 is 1.22 bits per heavy atom. The zero-order valence-corrected chi connectivity index (χ0v) is 10.4. The van der Waals surface area contributed by atoms with Gasteiger partial charge < -0.3 is 11.1 Å². The molecule has 0 aliphatic carbocycles. The van der Waals surface area contributed by atoms with E-state index in [1.807, 2.05) is 18.2 Å². The molecule has 0 saturated heterocycles. The summed E-state index contributed by atoms with van der Waals surface area (Å²) in [6.07, 6.45) is 0. The third-order valence-corrected chi connectivity index (χ3v) is 2.86. The lowest BCUT2D eigenvalue weighted by Crippen LogP contribution is -2.03. The average Bonchev–Trinajstić information content (AvgIpc) is 2.40. The molecule has 0 atom stereocenters. The van der Waals surface area contributed by atoms with Crippen molar-refractivity contribution in [2.75, 3.05) is 11.1 Å². The zero-order valence-electron chi connectivity index (χ0n) is 9.65. The number of nitrogens with zero attached hydrogens (tertiary/aromatic N) is 1. The summed E-state index contributed by atoms with van der Waals surface area (Å²) in [6, 6.07) is 14.9. The topological polar surface area (TPSA) is 61.8 Å². The zero-order chi connectivity index (χ0) is 13.0. The Hall–Kier alpha value is -2.18. The van der Waals surface area contributed by atoms with Crippen LogP contribution in [0.1, 0.15) is 11.1 Å². The van der Waals surface area contributed by atoms with E-state index in [4.69, 9.17) is 22.6 Å². The molecule has 2 aromatic rings. The monoisotopic (exact) mass is 257 g/mol. The Bertz CT molecular complexity index is 602. The maximum absolute atomic E-state index is 8.99. The maximum Gasteiger partial charge on any atom is 0.0995 e. The molecule has 4 heteroatoms.